The van der Waals surface area contributed by atoms with Crippen molar-refractivity contribution in [3.8, 4) is 5.69 Å². The third-order valence-corrected chi connectivity index (χ3v) is 4.86. The summed E-state index contributed by atoms with van der Waals surface area (Å²) in [4.78, 5) is 19.3. The molecule has 0 amide bonds. The van der Waals surface area contributed by atoms with Crippen LogP contribution in [0.1, 0.15) is 24.5 Å². The van der Waals surface area contributed by atoms with Crippen LogP contribution in [-0.2, 0) is 0 Å². The van der Waals surface area contributed by atoms with Crippen LogP contribution in [0.2, 0.25) is 0 Å². The Bertz CT molecular complexity index is 1110. The van der Waals surface area contributed by atoms with Crippen molar-refractivity contribution < 1.29 is 0 Å². The molecule has 26 heavy (non-hydrogen) atoms. The van der Waals surface area contributed by atoms with Crippen LogP contribution < -0.4 is 10.9 Å². The van der Waals surface area contributed by atoms with E-state index < -0.39 is 0 Å². The van der Waals surface area contributed by atoms with E-state index in [9.17, 15) is 4.79 Å². The van der Waals surface area contributed by atoms with Crippen molar-refractivity contribution in [2.75, 3.05) is 13.1 Å². The molecule has 0 unspecified atom stereocenters. The van der Waals surface area contributed by atoms with Gasteiger partial charge in [0.1, 0.15) is 18.3 Å². The molecular weight excluding hydrogens is 354 g/mol. The molecule has 0 aliphatic carbocycles. The van der Waals surface area contributed by atoms with Crippen LogP contribution in [-0.4, -0.2) is 42.5 Å². The summed E-state index contributed by atoms with van der Waals surface area (Å²) < 4.78 is 3.59. The van der Waals surface area contributed by atoms with Gasteiger partial charge in [0, 0.05) is 12.0 Å². The number of aromatic nitrogens is 6. The average Bonchev–Trinajstić information content (AvgIpc) is 3.29. The molecule has 9 heteroatoms. The van der Waals surface area contributed by atoms with Crippen molar-refractivity contribution in [1.82, 2.24) is 34.7 Å². The summed E-state index contributed by atoms with van der Waals surface area (Å²) in [5.41, 5.74) is 3.26. The van der Waals surface area contributed by atoms with Crippen LogP contribution in [0.3, 0.4) is 0 Å². The fourth-order valence-electron chi connectivity index (χ4n) is 3.70. The molecule has 4 aromatic rings. The monoisotopic (exact) mass is 371 g/mol. The molecule has 0 spiro atoms. The lowest BCUT2D eigenvalue weighted by molar-refractivity contribution is 0.446. The smallest absolute Gasteiger partial charge is 0.251 e. The molecule has 0 saturated carbocycles. The number of H-pyrrole nitrogens is 1. The van der Waals surface area contributed by atoms with Crippen molar-refractivity contribution >= 4 is 29.0 Å². The van der Waals surface area contributed by atoms with Gasteiger partial charge in [-0.3, -0.25) is 4.79 Å². The summed E-state index contributed by atoms with van der Waals surface area (Å²) in [6.45, 7) is 1.92. The van der Waals surface area contributed by atoms with Crippen LogP contribution >= 0.6 is 12.4 Å². The Balaban J connectivity index is 0.00000168. The molecule has 8 nitrogen and oxygen atoms in total. The largest absolute Gasteiger partial charge is 0.317 e. The number of nitrogens with one attached hydrogen (secondary N) is 2. The SMILES string of the molecule is Cl.O=c1cc(C2CCNCC2)n2nc3cccc(-n4cncn4)c3c2[nH]1. The summed E-state index contributed by atoms with van der Waals surface area (Å²) in [7, 11) is 0. The van der Waals surface area contributed by atoms with Crippen molar-refractivity contribution in [3.63, 3.8) is 0 Å². The van der Waals surface area contributed by atoms with Gasteiger partial charge in [-0.1, -0.05) is 6.07 Å². The summed E-state index contributed by atoms with van der Waals surface area (Å²) in [6.07, 6.45) is 5.15. The van der Waals surface area contributed by atoms with Crippen LogP contribution in [0.15, 0.2) is 41.7 Å². The summed E-state index contributed by atoms with van der Waals surface area (Å²) in [6, 6.07) is 7.53. The third kappa shape index (κ3) is 2.58. The van der Waals surface area contributed by atoms with E-state index in [0.717, 1.165) is 48.2 Å². The normalized spacial score (nSPS) is 15.4. The number of hydrogen-bond donors (Lipinski definition) is 2. The number of rotatable bonds is 2. The Morgan fingerprint density at radius 2 is 2.04 bits per heavy atom. The standard InChI is InChI=1S/C17H17N7O.ClH/c25-15-8-14(11-4-6-18-7-5-11)24-17(21-15)16-12(22-24)2-1-3-13(16)23-10-19-9-20-23;/h1-3,8-11,18H,4-7H2,(H,21,25);1H. The van der Waals surface area contributed by atoms with E-state index in [4.69, 9.17) is 5.10 Å². The average molecular weight is 372 g/mol. The molecular formula is C17H18ClN7O. The van der Waals surface area contributed by atoms with Crippen molar-refractivity contribution in [3.05, 3.63) is 53.0 Å². The molecule has 0 atom stereocenters. The van der Waals surface area contributed by atoms with Gasteiger partial charge in [-0.2, -0.15) is 10.2 Å². The predicted molar refractivity (Wildman–Crippen MR) is 100 cm³/mol. The molecule has 1 saturated heterocycles. The fourth-order valence-corrected chi connectivity index (χ4v) is 3.70. The quantitative estimate of drug-likeness (QED) is 0.559. The van der Waals surface area contributed by atoms with Gasteiger partial charge in [0.25, 0.3) is 5.56 Å². The lowest BCUT2D eigenvalue weighted by Gasteiger charge is -2.23. The Hall–Kier alpha value is -2.71. The highest BCUT2D eigenvalue weighted by Crippen LogP contribution is 2.29. The Morgan fingerprint density at radius 1 is 1.19 bits per heavy atom. The molecule has 4 heterocycles. The Labute approximate surface area is 154 Å². The van der Waals surface area contributed by atoms with Crippen LogP contribution in [0.5, 0.6) is 0 Å². The first-order chi connectivity index (χ1) is 12.3. The first kappa shape index (κ1) is 16.7. The second kappa shape index (κ2) is 6.54. The molecule has 0 radical (unpaired) electrons. The number of nitrogens with zero attached hydrogens (tertiary/aromatic N) is 5. The molecule has 1 aromatic carbocycles. The second-order valence-electron chi connectivity index (χ2n) is 6.35. The van der Waals surface area contributed by atoms with Crippen molar-refractivity contribution in [2.24, 2.45) is 0 Å². The van der Waals surface area contributed by atoms with Gasteiger partial charge in [0.15, 0.2) is 0 Å². The van der Waals surface area contributed by atoms with E-state index in [-0.39, 0.29) is 18.0 Å². The maximum absolute atomic E-state index is 12.3. The number of benzene rings is 1. The number of fused-ring (bicyclic) bond motifs is 3. The first-order valence-corrected chi connectivity index (χ1v) is 8.41. The zero-order valence-corrected chi connectivity index (χ0v) is 14.7. The van der Waals surface area contributed by atoms with Crippen LogP contribution in [0.4, 0.5) is 0 Å². The Morgan fingerprint density at radius 3 is 2.81 bits per heavy atom. The molecule has 5 rings (SSSR count). The van der Waals surface area contributed by atoms with Gasteiger partial charge in [0.05, 0.1) is 22.3 Å². The maximum Gasteiger partial charge on any atom is 0.251 e. The van der Waals surface area contributed by atoms with Gasteiger partial charge in [-0.25, -0.2) is 14.2 Å². The zero-order valence-electron chi connectivity index (χ0n) is 13.9. The minimum Gasteiger partial charge on any atom is -0.317 e. The van der Waals surface area contributed by atoms with Gasteiger partial charge in [-0.15, -0.1) is 12.4 Å². The van der Waals surface area contributed by atoms with Crippen molar-refractivity contribution in [1.29, 1.82) is 0 Å². The van der Waals surface area contributed by atoms with Crippen molar-refractivity contribution in [2.45, 2.75) is 18.8 Å². The van der Waals surface area contributed by atoms with Gasteiger partial charge >= 0.3 is 0 Å². The summed E-state index contributed by atoms with van der Waals surface area (Å²) in [5.74, 6) is 0.329. The van der Waals surface area contributed by atoms with E-state index in [2.05, 4.69) is 20.4 Å². The molecule has 1 fully saturated rings. The molecule has 2 N–H and O–H groups in total. The highest BCUT2D eigenvalue weighted by molar-refractivity contribution is 5.98. The number of hydrogen-bond acceptors (Lipinski definition) is 5. The lowest BCUT2D eigenvalue weighted by atomic mass is 9.94. The number of piperidine rings is 1. The molecule has 134 valence electrons. The van der Waals surface area contributed by atoms with Crippen LogP contribution in [0, 0.1) is 0 Å². The number of halogens is 1. The minimum atomic E-state index is -0.101. The Kier molecular flexibility index (Phi) is 4.21. The van der Waals surface area contributed by atoms with Crippen LogP contribution in [0.25, 0.3) is 22.2 Å². The highest BCUT2D eigenvalue weighted by atomic mass is 35.5. The molecule has 3 aromatic heterocycles. The summed E-state index contributed by atoms with van der Waals surface area (Å²) >= 11 is 0. The second-order valence-corrected chi connectivity index (χ2v) is 6.35. The molecule has 1 aliphatic heterocycles. The fraction of sp³-hybridized carbons (Fsp3) is 0.294. The topological polar surface area (TPSA) is 92.9 Å². The summed E-state index contributed by atoms with van der Waals surface area (Å²) in [5, 5.41) is 13.2. The zero-order chi connectivity index (χ0) is 16.8. The van der Waals surface area contributed by atoms with E-state index >= 15 is 0 Å². The predicted octanol–water partition coefficient (Wildman–Crippen LogP) is 1.65. The van der Waals surface area contributed by atoms with Gasteiger partial charge in [0.2, 0.25) is 0 Å². The van der Waals surface area contributed by atoms with E-state index in [0.29, 0.717) is 11.6 Å². The lowest BCUT2D eigenvalue weighted by Crippen LogP contribution is -2.28. The number of aromatic amines is 1. The maximum atomic E-state index is 12.3. The molecule has 1 aliphatic rings. The van der Waals surface area contributed by atoms with E-state index in [1.54, 1.807) is 17.1 Å². The third-order valence-electron chi connectivity index (χ3n) is 4.86. The van der Waals surface area contributed by atoms with E-state index in [1.807, 2.05) is 22.7 Å². The first-order valence-electron chi connectivity index (χ1n) is 8.41. The molecule has 0 bridgehead atoms. The van der Waals surface area contributed by atoms with E-state index in [1.165, 1.54) is 6.33 Å². The van der Waals surface area contributed by atoms with Gasteiger partial charge in [-0.05, 0) is 38.1 Å². The highest BCUT2D eigenvalue weighted by Gasteiger charge is 2.21. The van der Waals surface area contributed by atoms with Gasteiger partial charge < -0.3 is 10.3 Å². The minimum absolute atomic E-state index is 0.